The molecule has 2 N–H and O–H groups in total. The third-order valence-corrected chi connectivity index (χ3v) is 3.85. The molecule has 0 unspecified atom stereocenters. The Hall–Kier alpha value is -1.06. The first kappa shape index (κ1) is 16.0. The summed E-state index contributed by atoms with van der Waals surface area (Å²) in [6.45, 7) is 7.06. The molecule has 0 aliphatic rings. The summed E-state index contributed by atoms with van der Waals surface area (Å²) in [5.74, 6) is 0.925. The minimum absolute atomic E-state index is 0.0420. The lowest BCUT2D eigenvalue weighted by atomic mass is 9.83. The van der Waals surface area contributed by atoms with E-state index in [0.717, 1.165) is 44.7 Å². The molecule has 0 amide bonds. The van der Waals surface area contributed by atoms with Crippen LogP contribution in [0, 0.1) is 5.41 Å². The SMILES string of the molecule is CCC(CC)(CO)CNCCCOc1ccccc1. The second-order valence-electron chi connectivity index (χ2n) is 5.06. The van der Waals surface area contributed by atoms with Gasteiger partial charge >= 0.3 is 0 Å². The normalized spacial score (nSPS) is 11.5. The van der Waals surface area contributed by atoms with Gasteiger partial charge in [0, 0.05) is 18.6 Å². The zero-order chi connectivity index (χ0) is 14.0. The number of benzene rings is 1. The van der Waals surface area contributed by atoms with Crippen molar-refractivity contribution in [3.63, 3.8) is 0 Å². The Bertz CT molecular complexity index is 315. The molecule has 3 nitrogen and oxygen atoms in total. The Morgan fingerprint density at radius 2 is 1.84 bits per heavy atom. The highest BCUT2D eigenvalue weighted by Gasteiger charge is 2.24. The summed E-state index contributed by atoms with van der Waals surface area (Å²) in [4.78, 5) is 0. The maximum atomic E-state index is 9.46. The highest BCUT2D eigenvalue weighted by Crippen LogP contribution is 2.24. The summed E-state index contributed by atoms with van der Waals surface area (Å²) in [5.41, 5.74) is 0.0420. The predicted octanol–water partition coefficient (Wildman–Crippen LogP) is 2.84. The Balaban J connectivity index is 2.11. The van der Waals surface area contributed by atoms with Crippen molar-refractivity contribution < 1.29 is 9.84 Å². The minimum Gasteiger partial charge on any atom is -0.494 e. The molecule has 0 radical (unpaired) electrons. The first-order valence-electron chi connectivity index (χ1n) is 7.26. The highest BCUT2D eigenvalue weighted by atomic mass is 16.5. The van der Waals surface area contributed by atoms with Gasteiger partial charge in [-0.25, -0.2) is 0 Å². The van der Waals surface area contributed by atoms with Crippen LogP contribution in [0.5, 0.6) is 5.75 Å². The van der Waals surface area contributed by atoms with Crippen LogP contribution in [-0.4, -0.2) is 31.4 Å². The molecule has 108 valence electrons. The summed E-state index contributed by atoms with van der Waals surface area (Å²) >= 11 is 0. The van der Waals surface area contributed by atoms with Crippen molar-refractivity contribution in [3.8, 4) is 5.75 Å². The molecule has 0 saturated heterocycles. The first-order valence-corrected chi connectivity index (χ1v) is 7.26. The Morgan fingerprint density at radius 3 is 2.42 bits per heavy atom. The minimum atomic E-state index is 0.0420. The number of hydrogen-bond donors (Lipinski definition) is 2. The van der Waals surface area contributed by atoms with Crippen LogP contribution in [0.3, 0.4) is 0 Å². The van der Waals surface area contributed by atoms with Crippen molar-refractivity contribution in [2.24, 2.45) is 5.41 Å². The molecule has 0 heterocycles. The lowest BCUT2D eigenvalue weighted by Gasteiger charge is -2.29. The van der Waals surface area contributed by atoms with Gasteiger partial charge in [0.25, 0.3) is 0 Å². The van der Waals surface area contributed by atoms with Gasteiger partial charge < -0.3 is 15.2 Å². The van der Waals surface area contributed by atoms with E-state index < -0.39 is 0 Å². The van der Waals surface area contributed by atoms with Crippen LogP contribution < -0.4 is 10.1 Å². The molecule has 1 aromatic rings. The van der Waals surface area contributed by atoms with E-state index in [1.54, 1.807) is 0 Å². The van der Waals surface area contributed by atoms with E-state index in [4.69, 9.17) is 4.74 Å². The van der Waals surface area contributed by atoms with E-state index in [0.29, 0.717) is 0 Å². The van der Waals surface area contributed by atoms with Crippen LogP contribution >= 0.6 is 0 Å². The molecule has 19 heavy (non-hydrogen) atoms. The lowest BCUT2D eigenvalue weighted by molar-refractivity contribution is 0.113. The fraction of sp³-hybridized carbons (Fsp3) is 0.625. The van der Waals surface area contributed by atoms with Crippen molar-refractivity contribution in [1.82, 2.24) is 5.32 Å². The number of ether oxygens (including phenoxy) is 1. The van der Waals surface area contributed by atoms with Gasteiger partial charge in [-0.2, -0.15) is 0 Å². The quantitative estimate of drug-likeness (QED) is 0.639. The number of nitrogens with one attached hydrogen (secondary N) is 1. The molecule has 1 rings (SSSR count). The number of aliphatic hydroxyl groups excluding tert-OH is 1. The van der Waals surface area contributed by atoms with Crippen LogP contribution in [-0.2, 0) is 0 Å². The summed E-state index contributed by atoms with van der Waals surface area (Å²) < 4.78 is 5.63. The lowest BCUT2D eigenvalue weighted by Crippen LogP contribution is -2.37. The molecule has 1 aromatic carbocycles. The van der Waals surface area contributed by atoms with Crippen molar-refractivity contribution in [2.45, 2.75) is 33.1 Å². The Morgan fingerprint density at radius 1 is 1.16 bits per heavy atom. The van der Waals surface area contributed by atoms with E-state index >= 15 is 0 Å². The van der Waals surface area contributed by atoms with Gasteiger partial charge in [0.2, 0.25) is 0 Å². The van der Waals surface area contributed by atoms with Gasteiger partial charge in [0.05, 0.1) is 6.61 Å². The molecule has 0 aromatic heterocycles. The molecule has 0 fully saturated rings. The van der Waals surface area contributed by atoms with Crippen LogP contribution in [0.25, 0.3) is 0 Å². The first-order chi connectivity index (χ1) is 9.26. The van der Waals surface area contributed by atoms with Gasteiger partial charge in [0.15, 0.2) is 0 Å². The maximum absolute atomic E-state index is 9.46. The zero-order valence-electron chi connectivity index (χ0n) is 12.2. The second kappa shape index (κ2) is 8.94. The standard InChI is InChI=1S/C16H27NO2/c1-3-16(4-2,14-18)13-17-11-8-12-19-15-9-6-5-7-10-15/h5-7,9-10,17-18H,3-4,8,11-14H2,1-2H3. The van der Waals surface area contributed by atoms with Gasteiger partial charge in [-0.15, -0.1) is 0 Å². The van der Waals surface area contributed by atoms with Crippen LogP contribution in [0.1, 0.15) is 33.1 Å². The Labute approximate surface area is 117 Å². The molecule has 0 saturated carbocycles. The van der Waals surface area contributed by atoms with Gasteiger partial charge in [-0.05, 0) is 37.9 Å². The molecule has 0 bridgehead atoms. The molecule has 3 heteroatoms. The van der Waals surface area contributed by atoms with Crippen molar-refractivity contribution >= 4 is 0 Å². The fourth-order valence-electron chi connectivity index (χ4n) is 2.04. The maximum Gasteiger partial charge on any atom is 0.119 e. The van der Waals surface area contributed by atoms with E-state index in [1.807, 2.05) is 30.3 Å². The molecule has 0 spiro atoms. The van der Waals surface area contributed by atoms with Crippen molar-refractivity contribution in [3.05, 3.63) is 30.3 Å². The summed E-state index contributed by atoms with van der Waals surface area (Å²) in [6, 6.07) is 9.88. The molecule has 0 aliphatic heterocycles. The number of aliphatic hydroxyl groups is 1. The van der Waals surface area contributed by atoms with Crippen molar-refractivity contribution in [2.75, 3.05) is 26.3 Å². The topological polar surface area (TPSA) is 41.5 Å². The molecular formula is C16H27NO2. The monoisotopic (exact) mass is 265 g/mol. The van der Waals surface area contributed by atoms with Gasteiger partial charge in [0.1, 0.15) is 5.75 Å². The van der Waals surface area contributed by atoms with Crippen LogP contribution in [0.4, 0.5) is 0 Å². The number of rotatable bonds is 10. The van der Waals surface area contributed by atoms with Crippen LogP contribution in [0.2, 0.25) is 0 Å². The zero-order valence-corrected chi connectivity index (χ0v) is 12.2. The van der Waals surface area contributed by atoms with E-state index in [9.17, 15) is 5.11 Å². The van der Waals surface area contributed by atoms with E-state index in [-0.39, 0.29) is 12.0 Å². The Kier molecular flexibility index (Phi) is 7.53. The number of para-hydroxylation sites is 1. The van der Waals surface area contributed by atoms with Crippen molar-refractivity contribution in [1.29, 1.82) is 0 Å². The third-order valence-electron chi connectivity index (χ3n) is 3.85. The van der Waals surface area contributed by atoms with Gasteiger partial charge in [-0.1, -0.05) is 32.0 Å². The van der Waals surface area contributed by atoms with E-state index in [2.05, 4.69) is 19.2 Å². The fourth-order valence-corrected chi connectivity index (χ4v) is 2.04. The summed E-state index contributed by atoms with van der Waals surface area (Å²) in [6.07, 6.45) is 2.99. The molecular weight excluding hydrogens is 238 g/mol. The van der Waals surface area contributed by atoms with E-state index in [1.165, 1.54) is 0 Å². The average molecular weight is 265 g/mol. The second-order valence-corrected chi connectivity index (χ2v) is 5.06. The highest BCUT2D eigenvalue weighted by molar-refractivity contribution is 5.20. The molecule has 0 aliphatic carbocycles. The largest absolute Gasteiger partial charge is 0.494 e. The third kappa shape index (κ3) is 5.62. The average Bonchev–Trinajstić information content (AvgIpc) is 2.48. The number of hydrogen-bond acceptors (Lipinski definition) is 3. The smallest absolute Gasteiger partial charge is 0.119 e. The predicted molar refractivity (Wildman–Crippen MR) is 79.5 cm³/mol. The summed E-state index contributed by atoms with van der Waals surface area (Å²) in [7, 11) is 0. The molecule has 0 atom stereocenters. The van der Waals surface area contributed by atoms with Crippen LogP contribution in [0.15, 0.2) is 30.3 Å². The van der Waals surface area contributed by atoms with Gasteiger partial charge in [-0.3, -0.25) is 0 Å². The summed E-state index contributed by atoms with van der Waals surface area (Å²) in [5, 5.41) is 12.9.